The van der Waals surface area contributed by atoms with Crippen LogP contribution in [0.5, 0.6) is 0 Å². The van der Waals surface area contributed by atoms with Gasteiger partial charge in [0.1, 0.15) is 28.7 Å². The third kappa shape index (κ3) is 5.64. The minimum atomic E-state index is -9.73. The van der Waals surface area contributed by atoms with Gasteiger partial charge in [-0.05, 0) is 19.4 Å². The van der Waals surface area contributed by atoms with E-state index >= 15 is 0 Å². The monoisotopic (exact) mass is 444 g/mol. The predicted molar refractivity (Wildman–Crippen MR) is 101 cm³/mol. The molecule has 0 saturated carbocycles. The van der Waals surface area contributed by atoms with E-state index in [4.69, 9.17) is 10.1 Å². The van der Waals surface area contributed by atoms with Crippen molar-refractivity contribution >= 4 is 21.8 Å². The van der Waals surface area contributed by atoms with Crippen molar-refractivity contribution in [3.05, 3.63) is 44.9 Å². The fourth-order valence-electron chi connectivity index (χ4n) is 2.79. The van der Waals surface area contributed by atoms with E-state index in [0.717, 1.165) is 6.08 Å². The topological polar surface area (TPSA) is 111 Å². The Hall–Kier alpha value is -2.25. The van der Waals surface area contributed by atoms with Gasteiger partial charge in [-0.25, -0.2) is 4.98 Å². The highest BCUT2D eigenvalue weighted by Gasteiger charge is 2.66. The molecule has 1 aliphatic rings. The Morgan fingerprint density at radius 1 is 1.45 bits per heavy atom. The summed E-state index contributed by atoms with van der Waals surface area (Å²) in [5, 5.41) is 19.8. The number of halogens is 5. The van der Waals surface area contributed by atoms with Crippen LogP contribution in [-0.4, -0.2) is 40.5 Å². The van der Waals surface area contributed by atoms with Crippen LogP contribution in [0.25, 0.3) is 0 Å². The molecule has 13 heteroatoms. The second-order valence-corrected chi connectivity index (χ2v) is 8.98. The summed E-state index contributed by atoms with van der Waals surface area (Å²) in [6, 6.07) is -0.627. The van der Waals surface area contributed by atoms with Gasteiger partial charge in [-0.3, -0.25) is 4.79 Å². The number of rotatable bonds is 8. The number of aromatic nitrogens is 2. The molecule has 2 atom stereocenters. The Labute approximate surface area is 162 Å². The molecule has 0 radical (unpaired) electrons. The number of methoxy groups -OCH3 is 1. The number of anilines is 1. The Balaban J connectivity index is 2.29. The van der Waals surface area contributed by atoms with Crippen LogP contribution in [0.3, 0.4) is 0 Å². The zero-order valence-electron chi connectivity index (χ0n) is 15.5. The molecule has 2 rings (SSSR count). The lowest BCUT2D eigenvalue weighted by Crippen LogP contribution is -2.31. The van der Waals surface area contributed by atoms with Gasteiger partial charge in [-0.2, -0.15) is 0 Å². The third-order valence-corrected chi connectivity index (χ3v) is 5.45. The average molecular weight is 444 g/mol. The summed E-state index contributed by atoms with van der Waals surface area (Å²) in [7, 11) is -8.36. The van der Waals surface area contributed by atoms with Crippen molar-refractivity contribution in [2.75, 3.05) is 19.0 Å². The molecule has 164 valence electrons. The van der Waals surface area contributed by atoms with Crippen molar-refractivity contribution in [1.82, 2.24) is 9.97 Å². The van der Waals surface area contributed by atoms with Crippen LogP contribution >= 0.6 is 10.2 Å². The Morgan fingerprint density at radius 2 is 2.10 bits per heavy atom. The van der Waals surface area contributed by atoms with Crippen LogP contribution in [0.2, 0.25) is 0 Å². The fourth-order valence-corrected chi connectivity index (χ4v) is 3.53. The molecule has 0 bridgehead atoms. The smallest absolute Gasteiger partial charge is 0.310 e. The van der Waals surface area contributed by atoms with Crippen molar-refractivity contribution in [3.63, 3.8) is 0 Å². The third-order valence-electron chi connectivity index (χ3n) is 4.26. The maximum atomic E-state index is 12.9. The van der Waals surface area contributed by atoms with E-state index in [1.54, 1.807) is 6.92 Å². The zero-order valence-corrected chi connectivity index (χ0v) is 16.3. The lowest BCUT2D eigenvalue weighted by atomic mass is 9.93. The standard InChI is InChI=1S/C16H21F5N4O3S/c1-9(10-3-5-11(6-4-10)29(17,18,19,20)21)23-15-14(12(22)7-26)16(27)25-13(24-15)8-28-2/h3,5-6,9-10,22,26H,4,7-8H2,1-2H3,(H2,23,24,25,27). The van der Waals surface area contributed by atoms with Crippen LogP contribution in [0, 0.1) is 11.3 Å². The molecule has 0 amide bonds. The highest BCUT2D eigenvalue weighted by atomic mass is 32.5. The highest BCUT2D eigenvalue weighted by molar-refractivity contribution is 8.48. The minimum absolute atomic E-state index is 0.0512. The molecule has 0 spiro atoms. The van der Waals surface area contributed by atoms with E-state index in [1.165, 1.54) is 7.11 Å². The number of hydrogen-bond acceptors (Lipinski definition) is 6. The molecule has 1 heterocycles. The average Bonchev–Trinajstić information content (AvgIpc) is 2.59. The van der Waals surface area contributed by atoms with E-state index in [2.05, 4.69) is 15.3 Å². The molecule has 4 N–H and O–H groups in total. The molecule has 1 aromatic heterocycles. The molecule has 7 nitrogen and oxygen atoms in total. The van der Waals surface area contributed by atoms with Crippen LogP contribution in [0.1, 0.15) is 24.7 Å². The van der Waals surface area contributed by atoms with Gasteiger partial charge in [0.25, 0.3) is 5.56 Å². The fraction of sp³-hybridized carbons (Fsp3) is 0.438. The summed E-state index contributed by atoms with van der Waals surface area (Å²) >= 11 is 0. The SMILES string of the molecule is COCc1nc(NC(C)C2C=CC(S(F)(F)(F)(F)F)=CC2)c(C(=N)CO)c(=O)[nH]1. The van der Waals surface area contributed by atoms with E-state index in [0.29, 0.717) is 12.2 Å². The van der Waals surface area contributed by atoms with E-state index in [-0.39, 0.29) is 30.2 Å². The summed E-state index contributed by atoms with van der Waals surface area (Å²) < 4.78 is 69.3. The summed E-state index contributed by atoms with van der Waals surface area (Å²) in [6.45, 7) is 0.778. The molecular weight excluding hydrogens is 423 g/mol. The molecular formula is C16H21F5N4O3S. The van der Waals surface area contributed by atoms with E-state index < -0.39 is 45.0 Å². The number of hydrogen-bond donors (Lipinski definition) is 4. The van der Waals surface area contributed by atoms with Gasteiger partial charge in [0.15, 0.2) is 0 Å². The highest BCUT2D eigenvalue weighted by Crippen LogP contribution is 3.02. The maximum Gasteiger partial charge on any atom is 0.310 e. The van der Waals surface area contributed by atoms with Crippen LogP contribution < -0.4 is 10.9 Å². The molecule has 1 aliphatic carbocycles. The number of aliphatic hydroxyl groups excluding tert-OH is 1. The molecule has 0 aromatic carbocycles. The first kappa shape index (κ1) is 23.0. The van der Waals surface area contributed by atoms with Crippen LogP contribution in [0.15, 0.2) is 27.9 Å². The molecule has 0 saturated heterocycles. The van der Waals surface area contributed by atoms with Crippen molar-refractivity contribution < 1.29 is 29.3 Å². The number of nitrogens with zero attached hydrogens (tertiary/aromatic N) is 1. The lowest BCUT2D eigenvalue weighted by Gasteiger charge is -2.42. The number of aliphatic hydroxyl groups is 1. The second kappa shape index (κ2) is 7.22. The maximum absolute atomic E-state index is 12.9. The van der Waals surface area contributed by atoms with Crippen molar-refractivity contribution in [2.24, 2.45) is 5.92 Å². The summed E-state index contributed by atoms with van der Waals surface area (Å²) in [6.07, 6.45) is 1.51. The first-order valence-electron chi connectivity index (χ1n) is 8.36. The van der Waals surface area contributed by atoms with Gasteiger partial charge >= 0.3 is 10.2 Å². The minimum Gasteiger partial charge on any atom is -0.390 e. The van der Waals surface area contributed by atoms with Gasteiger partial charge < -0.3 is 25.6 Å². The molecule has 1 aromatic rings. The number of ether oxygens (including phenoxy) is 1. The van der Waals surface area contributed by atoms with Crippen molar-refractivity contribution in [3.8, 4) is 0 Å². The lowest BCUT2D eigenvalue weighted by molar-refractivity contribution is 0.177. The van der Waals surface area contributed by atoms with Crippen LogP contribution in [-0.2, 0) is 11.3 Å². The second-order valence-electron chi connectivity index (χ2n) is 6.57. The summed E-state index contributed by atoms with van der Waals surface area (Å²) in [4.78, 5) is 16.8. The van der Waals surface area contributed by atoms with Gasteiger partial charge in [0, 0.05) is 19.1 Å². The van der Waals surface area contributed by atoms with E-state index in [1.807, 2.05) is 0 Å². The normalized spacial score (nSPS) is 20.4. The Morgan fingerprint density at radius 3 is 2.59 bits per heavy atom. The largest absolute Gasteiger partial charge is 0.390 e. The number of nitrogens with one attached hydrogen (secondary N) is 3. The van der Waals surface area contributed by atoms with Gasteiger partial charge in [0.2, 0.25) is 0 Å². The molecule has 0 aliphatic heterocycles. The number of aromatic amines is 1. The van der Waals surface area contributed by atoms with Gasteiger partial charge in [0.05, 0.1) is 12.3 Å². The summed E-state index contributed by atoms with van der Waals surface area (Å²) in [5.74, 6) is -0.547. The number of allylic oxidation sites excluding steroid dienone is 2. The molecule has 2 unspecified atom stereocenters. The summed E-state index contributed by atoms with van der Waals surface area (Å²) in [5.41, 5.74) is -1.36. The first-order valence-corrected chi connectivity index (χ1v) is 10.3. The molecule has 0 fully saturated rings. The van der Waals surface area contributed by atoms with Gasteiger partial charge in [-0.1, -0.05) is 31.6 Å². The quantitative estimate of drug-likeness (QED) is 0.360. The Bertz CT molecular complexity index is 928. The Kier molecular flexibility index (Phi) is 5.73. The molecule has 29 heavy (non-hydrogen) atoms. The van der Waals surface area contributed by atoms with E-state index in [9.17, 15) is 29.3 Å². The first-order chi connectivity index (χ1) is 13.2. The number of H-pyrrole nitrogens is 1. The van der Waals surface area contributed by atoms with Gasteiger partial charge in [-0.15, -0.1) is 0 Å². The predicted octanol–water partition coefficient (Wildman–Crippen LogP) is 3.84. The van der Waals surface area contributed by atoms with Crippen molar-refractivity contribution in [2.45, 2.75) is 26.0 Å². The van der Waals surface area contributed by atoms with Crippen molar-refractivity contribution in [1.29, 1.82) is 5.41 Å². The zero-order chi connectivity index (χ0) is 22.1. The van der Waals surface area contributed by atoms with Crippen LogP contribution in [0.4, 0.5) is 25.2 Å².